The second kappa shape index (κ2) is 13.6. The Hall–Kier alpha value is -0.850. The molecular weight excluding hydrogens is 290 g/mol. The molecule has 6 nitrogen and oxygen atoms in total. The van der Waals surface area contributed by atoms with Crippen molar-refractivity contribution < 1.29 is 4.74 Å². The Balaban J connectivity index is 1.93. The maximum absolute atomic E-state index is 5.36. The summed E-state index contributed by atoms with van der Waals surface area (Å²) in [6.45, 7) is 8.01. The van der Waals surface area contributed by atoms with E-state index in [1.165, 1.54) is 38.6 Å². The van der Waals surface area contributed by atoms with Gasteiger partial charge < -0.3 is 20.3 Å². The van der Waals surface area contributed by atoms with Gasteiger partial charge in [-0.2, -0.15) is 0 Å². The van der Waals surface area contributed by atoms with Crippen molar-refractivity contribution in [2.24, 2.45) is 4.99 Å². The zero-order valence-corrected chi connectivity index (χ0v) is 15.4. The van der Waals surface area contributed by atoms with Crippen molar-refractivity contribution in [1.82, 2.24) is 20.4 Å². The first-order chi connectivity index (χ1) is 11.2. The summed E-state index contributed by atoms with van der Waals surface area (Å²) in [6, 6.07) is 0. The molecule has 1 rings (SSSR count). The summed E-state index contributed by atoms with van der Waals surface area (Å²) in [5.74, 6) is 0.922. The van der Waals surface area contributed by atoms with E-state index < -0.39 is 0 Å². The second-order valence-corrected chi connectivity index (χ2v) is 6.45. The van der Waals surface area contributed by atoms with Crippen LogP contribution in [0.15, 0.2) is 4.99 Å². The minimum absolute atomic E-state index is 0.863. The summed E-state index contributed by atoms with van der Waals surface area (Å²) < 4.78 is 5.36. The van der Waals surface area contributed by atoms with Crippen LogP contribution >= 0.6 is 0 Å². The van der Waals surface area contributed by atoms with Gasteiger partial charge in [0.15, 0.2) is 5.96 Å². The molecule has 6 heteroatoms. The molecule has 23 heavy (non-hydrogen) atoms. The average molecular weight is 328 g/mol. The molecule has 1 saturated heterocycles. The first kappa shape index (κ1) is 20.2. The Morgan fingerprint density at radius 2 is 1.65 bits per heavy atom. The maximum Gasteiger partial charge on any atom is 0.191 e. The number of nitrogens with zero attached hydrogens (tertiary/aromatic N) is 3. The van der Waals surface area contributed by atoms with Crippen LogP contribution in [-0.4, -0.2) is 89.4 Å². The predicted molar refractivity (Wildman–Crippen MR) is 98.3 cm³/mol. The van der Waals surface area contributed by atoms with Crippen molar-refractivity contribution in [2.45, 2.75) is 32.1 Å². The highest BCUT2D eigenvalue weighted by Crippen LogP contribution is 2.02. The largest absolute Gasteiger partial charge is 0.379 e. The average Bonchev–Trinajstić information content (AvgIpc) is 2.56. The van der Waals surface area contributed by atoms with Crippen LogP contribution in [0.5, 0.6) is 0 Å². The fourth-order valence-electron chi connectivity index (χ4n) is 2.67. The van der Waals surface area contributed by atoms with E-state index in [4.69, 9.17) is 4.74 Å². The molecule has 136 valence electrons. The van der Waals surface area contributed by atoms with E-state index in [0.717, 1.165) is 51.9 Å². The molecule has 0 aromatic heterocycles. The summed E-state index contributed by atoms with van der Waals surface area (Å²) >= 11 is 0. The molecule has 0 unspecified atom stereocenters. The number of rotatable bonds is 11. The van der Waals surface area contributed by atoms with Gasteiger partial charge in [-0.15, -0.1) is 0 Å². The molecule has 1 heterocycles. The van der Waals surface area contributed by atoms with E-state index in [0.29, 0.717) is 0 Å². The van der Waals surface area contributed by atoms with Gasteiger partial charge in [-0.05, 0) is 33.5 Å². The van der Waals surface area contributed by atoms with Crippen molar-refractivity contribution in [3.8, 4) is 0 Å². The zero-order chi connectivity index (χ0) is 16.8. The number of morpholine rings is 1. The molecule has 1 aliphatic heterocycles. The summed E-state index contributed by atoms with van der Waals surface area (Å²) in [7, 11) is 6.12. The summed E-state index contributed by atoms with van der Waals surface area (Å²) in [5, 5.41) is 6.80. The fourth-order valence-corrected chi connectivity index (χ4v) is 2.67. The van der Waals surface area contributed by atoms with Crippen LogP contribution in [0.4, 0.5) is 0 Å². The molecule has 0 aromatic carbocycles. The molecule has 0 amide bonds. The SMILES string of the molecule is CN=C(NCCCCCCCN(C)C)NCCN1CCOCC1. The van der Waals surface area contributed by atoms with E-state index in [9.17, 15) is 0 Å². The number of hydrogen-bond donors (Lipinski definition) is 2. The third-order valence-corrected chi connectivity index (χ3v) is 4.12. The van der Waals surface area contributed by atoms with E-state index in [-0.39, 0.29) is 0 Å². The molecule has 1 aliphatic rings. The first-order valence-electron chi connectivity index (χ1n) is 9.11. The lowest BCUT2D eigenvalue weighted by atomic mass is 10.1. The third kappa shape index (κ3) is 11.3. The standard InChI is InChI=1S/C17H37N5O/c1-18-17(20-10-12-22-13-15-23-16-14-22)19-9-7-5-4-6-8-11-21(2)3/h4-16H2,1-3H3,(H2,18,19,20). The van der Waals surface area contributed by atoms with Crippen molar-refractivity contribution in [2.75, 3.05) is 73.6 Å². The van der Waals surface area contributed by atoms with E-state index in [2.05, 4.69) is 39.5 Å². The first-order valence-corrected chi connectivity index (χ1v) is 9.11. The van der Waals surface area contributed by atoms with Gasteiger partial charge >= 0.3 is 0 Å². The van der Waals surface area contributed by atoms with Crippen molar-refractivity contribution >= 4 is 5.96 Å². The number of hydrogen-bond acceptors (Lipinski definition) is 4. The Bertz CT molecular complexity index is 303. The van der Waals surface area contributed by atoms with Crippen LogP contribution in [-0.2, 0) is 4.74 Å². The number of aliphatic imine (C=N–C) groups is 1. The second-order valence-electron chi connectivity index (χ2n) is 6.45. The van der Waals surface area contributed by atoms with Gasteiger partial charge in [0.1, 0.15) is 0 Å². The summed E-state index contributed by atoms with van der Waals surface area (Å²) in [6.07, 6.45) is 6.49. The summed E-state index contributed by atoms with van der Waals surface area (Å²) in [5.41, 5.74) is 0. The molecule has 2 N–H and O–H groups in total. The van der Waals surface area contributed by atoms with E-state index in [1.807, 2.05) is 7.05 Å². The smallest absolute Gasteiger partial charge is 0.191 e. The normalized spacial score (nSPS) is 16.8. The van der Waals surface area contributed by atoms with Crippen molar-refractivity contribution in [1.29, 1.82) is 0 Å². The molecular formula is C17H37N5O. The van der Waals surface area contributed by atoms with Gasteiger partial charge in [0.2, 0.25) is 0 Å². The van der Waals surface area contributed by atoms with Gasteiger partial charge in [0, 0.05) is 39.8 Å². The van der Waals surface area contributed by atoms with Crippen molar-refractivity contribution in [3.63, 3.8) is 0 Å². The Morgan fingerprint density at radius 1 is 1.00 bits per heavy atom. The third-order valence-electron chi connectivity index (χ3n) is 4.12. The Labute approximate surface area is 142 Å². The molecule has 1 fully saturated rings. The predicted octanol–water partition coefficient (Wildman–Crippen LogP) is 0.996. The highest BCUT2D eigenvalue weighted by atomic mass is 16.5. The minimum Gasteiger partial charge on any atom is -0.379 e. The van der Waals surface area contributed by atoms with Gasteiger partial charge in [0.25, 0.3) is 0 Å². The van der Waals surface area contributed by atoms with Crippen LogP contribution in [0.2, 0.25) is 0 Å². The monoisotopic (exact) mass is 327 g/mol. The lowest BCUT2D eigenvalue weighted by Gasteiger charge is -2.26. The molecule has 0 bridgehead atoms. The van der Waals surface area contributed by atoms with E-state index in [1.54, 1.807) is 0 Å². The highest BCUT2D eigenvalue weighted by molar-refractivity contribution is 5.79. The number of nitrogens with one attached hydrogen (secondary N) is 2. The number of ether oxygens (including phenoxy) is 1. The van der Waals surface area contributed by atoms with Gasteiger partial charge in [-0.1, -0.05) is 19.3 Å². The Kier molecular flexibility index (Phi) is 11.9. The van der Waals surface area contributed by atoms with Gasteiger partial charge in [0.05, 0.1) is 13.2 Å². The van der Waals surface area contributed by atoms with Crippen LogP contribution < -0.4 is 10.6 Å². The number of guanidine groups is 1. The highest BCUT2D eigenvalue weighted by Gasteiger charge is 2.09. The molecule has 0 spiro atoms. The lowest BCUT2D eigenvalue weighted by molar-refractivity contribution is 0.0389. The molecule has 0 saturated carbocycles. The minimum atomic E-state index is 0.863. The molecule has 0 aliphatic carbocycles. The van der Waals surface area contributed by atoms with Gasteiger partial charge in [-0.3, -0.25) is 9.89 Å². The lowest BCUT2D eigenvalue weighted by Crippen LogP contribution is -2.44. The molecule has 0 radical (unpaired) electrons. The molecule has 0 atom stereocenters. The van der Waals surface area contributed by atoms with E-state index >= 15 is 0 Å². The zero-order valence-electron chi connectivity index (χ0n) is 15.4. The maximum atomic E-state index is 5.36. The number of unbranched alkanes of at least 4 members (excludes halogenated alkanes) is 4. The topological polar surface area (TPSA) is 52.1 Å². The summed E-state index contributed by atoms with van der Waals surface area (Å²) in [4.78, 5) is 8.97. The van der Waals surface area contributed by atoms with Gasteiger partial charge in [-0.25, -0.2) is 0 Å². The van der Waals surface area contributed by atoms with Crippen LogP contribution in [0.3, 0.4) is 0 Å². The van der Waals surface area contributed by atoms with Crippen LogP contribution in [0, 0.1) is 0 Å². The Morgan fingerprint density at radius 3 is 2.35 bits per heavy atom. The fraction of sp³-hybridized carbons (Fsp3) is 0.941. The quantitative estimate of drug-likeness (QED) is 0.337. The molecule has 0 aromatic rings. The van der Waals surface area contributed by atoms with Crippen LogP contribution in [0.1, 0.15) is 32.1 Å². The van der Waals surface area contributed by atoms with Crippen molar-refractivity contribution in [3.05, 3.63) is 0 Å². The van der Waals surface area contributed by atoms with Crippen LogP contribution in [0.25, 0.3) is 0 Å².